The minimum Gasteiger partial charge on any atom is -0.241 e. The fourth-order valence-electron chi connectivity index (χ4n) is 2.20. The van der Waals surface area contributed by atoms with Crippen molar-refractivity contribution in [3.05, 3.63) is 90.3 Å². The lowest BCUT2D eigenvalue weighted by Crippen LogP contribution is -1.98. The van der Waals surface area contributed by atoms with E-state index < -0.39 is 0 Å². The van der Waals surface area contributed by atoms with Gasteiger partial charge in [0.25, 0.3) is 0 Å². The smallest absolute Gasteiger partial charge is 0.0680 e. The van der Waals surface area contributed by atoms with Crippen LogP contribution in [0.2, 0.25) is 0 Å². The summed E-state index contributed by atoms with van der Waals surface area (Å²) in [4.78, 5) is 0. The van der Waals surface area contributed by atoms with Crippen LogP contribution in [0.5, 0.6) is 0 Å². The van der Waals surface area contributed by atoms with Gasteiger partial charge < -0.3 is 0 Å². The van der Waals surface area contributed by atoms with E-state index in [1.54, 1.807) is 6.20 Å². The molecule has 20 heavy (non-hydrogen) atoms. The highest BCUT2D eigenvalue weighted by molar-refractivity contribution is 5.50. The largest absolute Gasteiger partial charge is 0.241 e. The summed E-state index contributed by atoms with van der Waals surface area (Å²) in [6.07, 6.45) is 9.01. The molecule has 0 saturated heterocycles. The van der Waals surface area contributed by atoms with Gasteiger partial charge in [-0.25, -0.2) is 4.68 Å². The van der Waals surface area contributed by atoms with E-state index in [0.717, 1.165) is 12.1 Å². The first-order chi connectivity index (χ1) is 9.93. The molecule has 0 unspecified atom stereocenters. The van der Waals surface area contributed by atoms with E-state index in [2.05, 4.69) is 59.7 Å². The number of benzene rings is 2. The standard InChI is InChI=1S/C18H16N2/c1-2-8-16(9-3-1)10-6-12-17-11-4-5-13-18(17)20-15-7-14-19-20/h1-11,13-15H,12H2/b10-6+. The first-order valence-corrected chi connectivity index (χ1v) is 6.73. The molecule has 0 spiro atoms. The molecular weight excluding hydrogens is 244 g/mol. The number of rotatable bonds is 4. The molecule has 0 aliphatic carbocycles. The van der Waals surface area contributed by atoms with Gasteiger partial charge >= 0.3 is 0 Å². The van der Waals surface area contributed by atoms with Crippen molar-refractivity contribution in [2.45, 2.75) is 6.42 Å². The third kappa shape index (κ3) is 2.86. The van der Waals surface area contributed by atoms with Crippen molar-refractivity contribution >= 4 is 6.08 Å². The van der Waals surface area contributed by atoms with Crippen molar-refractivity contribution < 1.29 is 0 Å². The third-order valence-corrected chi connectivity index (χ3v) is 3.19. The van der Waals surface area contributed by atoms with E-state index in [0.29, 0.717) is 0 Å². The van der Waals surface area contributed by atoms with Crippen LogP contribution in [0.1, 0.15) is 11.1 Å². The summed E-state index contributed by atoms with van der Waals surface area (Å²) >= 11 is 0. The summed E-state index contributed by atoms with van der Waals surface area (Å²) in [6, 6.07) is 20.6. The highest BCUT2D eigenvalue weighted by Crippen LogP contribution is 2.15. The van der Waals surface area contributed by atoms with Crippen LogP contribution in [-0.2, 0) is 6.42 Å². The van der Waals surface area contributed by atoms with Gasteiger partial charge in [-0.05, 0) is 29.7 Å². The van der Waals surface area contributed by atoms with Crippen LogP contribution in [0.25, 0.3) is 11.8 Å². The van der Waals surface area contributed by atoms with Crippen LogP contribution in [0, 0.1) is 0 Å². The SMILES string of the molecule is C(=C\c1ccccc1)/Cc1ccccc1-n1cccn1. The summed E-state index contributed by atoms with van der Waals surface area (Å²) < 4.78 is 1.91. The molecule has 1 aromatic heterocycles. The summed E-state index contributed by atoms with van der Waals surface area (Å²) in [7, 11) is 0. The maximum atomic E-state index is 4.31. The zero-order valence-electron chi connectivity index (χ0n) is 11.2. The Balaban J connectivity index is 1.80. The molecule has 3 rings (SSSR count). The molecule has 3 aromatic rings. The fraction of sp³-hybridized carbons (Fsp3) is 0.0556. The maximum Gasteiger partial charge on any atom is 0.0680 e. The van der Waals surface area contributed by atoms with Crippen molar-refractivity contribution in [1.82, 2.24) is 9.78 Å². The van der Waals surface area contributed by atoms with Crippen LogP contribution in [-0.4, -0.2) is 9.78 Å². The number of aromatic nitrogens is 2. The molecule has 0 bridgehead atoms. The molecule has 98 valence electrons. The minimum atomic E-state index is 0.894. The molecule has 2 heteroatoms. The van der Waals surface area contributed by atoms with Crippen LogP contribution < -0.4 is 0 Å². The zero-order valence-corrected chi connectivity index (χ0v) is 11.2. The molecule has 1 heterocycles. The Morgan fingerprint density at radius 3 is 2.50 bits per heavy atom. The summed E-state index contributed by atoms with van der Waals surface area (Å²) in [5, 5.41) is 4.31. The van der Waals surface area contributed by atoms with E-state index >= 15 is 0 Å². The first-order valence-electron chi connectivity index (χ1n) is 6.73. The second kappa shape index (κ2) is 6.02. The molecule has 0 fully saturated rings. The molecule has 0 saturated carbocycles. The van der Waals surface area contributed by atoms with E-state index in [1.165, 1.54) is 11.1 Å². The molecule has 2 nitrogen and oxygen atoms in total. The average Bonchev–Trinajstić information content (AvgIpc) is 3.03. The normalized spacial score (nSPS) is 11.0. The molecule has 0 atom stereocenters. The van der Waals surface area contributed by atoms with Crippen LogP contribution in [0.4, 0.5) is 0 Å². The van der Waals surface area contributed by atoms with Gasteiger partial charge in [0, 0.05) is 12.4 Å². The van der Waals surface area contributed by atoms with E-state index in [4.69, 9.17) is 0 Å². The summed E-state index contributed by atoms with van der Waals surface area (Å²) in [5.41, 5.74) is 3.63. The number of para-hydroxylation sites is 1. The van der Waals surface area contributed by atoms with Gasteiger partial charge in [-0.15, -0.1) is 0 Å². The lowest BCUT2D eigenvalue weighted by Gasteiger charge is -2.07. The molecule has 0 aliphatic heterocycles. The second-order valence-electron chi connectivity index (χ2n) is 4.60. The molecule has 0 N–H and O–H groups in total. The highest BCUT2D eigenvalue weighted by Gasteiger charge is 2.01. The average molecular weight is 260 g/mol. The van der Waals surface area contributed by atoms with Gasteiger partial charge in [0.15, 0.2) is 0 Å². The van der Waals surface area contributed by atoms with Crippen LogP contribution >= 0.6 is 0 Å². The Morgan fingerprint density at radius 2 is 1.70 bits per heavy atom. The van der Waals surface area contributed by atoms with Gasteiger partial charge in [-0.1, -0.05) is 60.7 Å². The zero-order chi connectivity index (χ0) is 13.6. The quantitative estimate of drug-likeness (QED) is 0.689. The lowest BCUT2D eigenvalue weighted by atomic mass is 10.1. The van der Waals surface area contributed by atoms with Crippen molar-refractivity contribution in [1.29, 1.82) is 0 Å². The maximum absolute atomic E-state index is 4.31. The second-order valence-corrected chi connectivity index (χ2v) is 4.60. The number of hydrogen-bond donors (Lipinski definition) is 0. The molecule has 0 radical (unpaired) electrons. The Labute approximate surface area is 119 Å². The van der Waals surface area contributed by atoms with E-state index in [9.17, 15) is 0 Å². The molecular formula is C18H16N2. The van der Waals surface area contributed by atoms with Crippen molar-refractivity contribution in [2.24, 2.45) is 0 Å². The summed E-state index contributed by atoms with van der Waals surface area (Å²) in [6.45, 7) is 0. The fourth-order valence-corrected chi connectivity index (χ4v) is 2.20. The predicted molar refractivity (Wildman–Crippen MR) is 82.7 cm³/mol. The minimum absolute atomic E-state index is 0.894. The predicted octanol–water partition coefficient (Wildman–Crippen LogP) is 4.13. The Morgan fingerprint density at radius 1 is 0.900 bits per heavy atom. The topological polar surface area (TPSA) is 17.8 Å². The van der Waals surface area contributed by atoms with Crippen molar-refractivity contribution in [3.8, 4) is 5.69 Å². The molecule has 0 amide bonds. The molecule has 2 aromatic carbocycles. The van der Waals surface area contributed by atoms with Gasteiger partial charge in [-0.3, -0.25) is 0 Å². The van der Waals surface area contributed by atoms with E-state index in [-0.39, 0.29) is 0 Å². The van der Waals surface area contributed by atoms with Crippen molar-refractivity contribution in [3.63, 3.8) is 0 Å². The Bertz CT molecular complexity index is 682. The molecule has 0 aliphatic rings. The monoisotopic (exact) mass is 260 g/mol. The van der Waals surface area contributed by atoms with Gasteiger partial charge in [0.2, 0.25) is 0 Å². The van der Waals surface area contributed by atoms with Gasteiger partial charge in [-0.2, -0.15) is 5.10 Å². The van der Waals surface area contributed by atoms with E-state index in [1.807, 2.05) is 29.1 Å². The third-order valence-electron chi connectivity index (χ3n) is 3.19. The Kier molecular flexibility index (Phi) is 3.74. The number of allylic oxidation sites excluding steroid dienone is 1. The first kappa shape index (κ1) is 12.4. The van der Waals surface area contributed by atoms with Crippen molar-refractivity contribution in [2.75, 3.05) is 0 Å². The van der Waals surface area contributed by atoms with Gasteiger partial charge in [0.05, 0.1) is 5.69 Å². The Hall–Kier alpha value is -2.61. The number of hydrogen-bond acceptors (Lipinski definition) is 1. The lowest BCUT2D eigenvalue weighted by molar-refractivity contribution is 0.868. The highest BCUT2D eigenvalue weighted by atomic mass is 15.3. The van der Waals surface area contributed by atoms with Crippen LogP contribution in [0.15, 0.2) is 79.1 Å². The number of nitrogens with zero attached hydrogens (tertiary/aromatic N) is 2. The van der Waals surface area contributed by atoms with Crippen LogP contribution in [0.3, 0.4) is 0 Å². The summed E-state index contributed by atoms with van der Waals surface area (Å²) in [5.74, 6) is 0. The van der Waals surface area contributed by atoms with Gasteiger partial charge in [0.1, 0.15) is 0 Å².